The van der Waals surface area contributed by atoms with Crippen LogP contribution < -0.4 is 5.32 Å². The number of carboxylic acid groups (broad SMARTS) is 1. The molecule has 0 aliphatic carbocycles. The normalized spacial score (nSPS) is 13.2. The minimum Gasteiger partial charge on any atom is -0.481 e. The highest BCUT2D eigenvalue weighted by molar-refractivity contribution is 7.13. The van der Waals surface area contributed by atoms with Crippen molar-refractivity contribution in [1.82, 2.24) is 4.98 Å². The lowest BCUT2D eigenvalue weighted by atomic mass is 9.90. The lowest BCUT2D eigenvalue weighted by Crippen LogP contribution is -2.29. The van der Waals surface area contributed by atoms with Gasteiger partial charge in [0.2, 0.25) is 0 Å². The zero-order valence-corrected chi connectivity index (χ0v) is 12.5. The van der Waals surface area contributed by atoms with Gasteiger partial charge in [-0.05, 0) is 32.9 Å². The number of aromatic nitrogens is 1. The number of aliphatic carboxylic acids is 1. The molecule has 0 aliphatic heterocycles. The van der Waals surface area contributed by atoms with Gasteiger partial charge in [0, 0.05) is 17.8 Å². The van der Waals surface area contributed by atoms with Crippen molar-refractivity contribution in [3.8, 4) is 0 Å². The summed E-state index contributed by atoms with van der Waals surface area (Å²) in [7, 11) is 0. The molecular formula is C14H18N2O3S. The highest BCUT2D eigenvalue weighted by Gasteiger charge is 2.32. The third kappa shape index (κ3) is 3.19. The van der Waals surface area contributed by atoms with Gasteiger partial charge < -0.3 is 14.8 Å². The summed E-state index contributed by atoms with van der Waals surface area (Å²) in [5.41, 5.74) is -0.400. The fourth-order valence-electron chi connectivity index (χ4n) is 1.73. The fourth-order valence-corrected chi connectivity index (χ4v) is 2.72. The number of carbonyl (C=O) groups is 1. The molecule has 5 nitrogen and oxygen atoms in total. The molecule has 20 heavy (non-hydrogen) atoms. The fraction of sp³-hybridized carbons (Fsp3) is 0.429. The molecule has 2 aromatic heterocycles. The predicted molar refractivity (Wildman–Crippen MR) is 78.3 cm³/mol. The Kier molecular flexibility index (Phi) is 4.13. The van der Waals surface area contributed by atoms with Crippen molar-refractivity contribution < 1.29 is 14.3 Å². The minimum atomic E-state index is -0.972. The quantitative estimate of drug-likeness (QED) is 0.856. The van der Waals surface area contributed by atoms with Crippen molar-refractivity contribution in [1.29, 1.82) is 0 Å². The molecule has 6 heteroatoms. The topological polar surface area (TPSA) is 75.4 Å². The average Bonchev–Trinajstić information content (AvgIpc) is 3.00. The van der Waals surface area contributed by atoms with E-state index in [-0.39, 0.29) is 6.04 Å². The second kappa shape index (κ2) is 5.66. The zero-order chi connectivity index (χ0) is 14.8. The van der Waals surface area contributed by atoms with Crippen LogP contribution in [0.3, 0.4) is 0 Å². The minimum absolute atomic E-state index is 0.160. The highest BCUT2D eigenvalue weighted by Crippen LogP contribution is 2.27. The second-order valence-corrected chi connectivity index (χ2v) is 6.16. The molecule has 2 heterocycles. The Morgan fingerprint density at radius 3 is 2.95 bits per heavy atom. The predicted octanol–water partition coefficient (Wildman–Crippen LogP) is 3.14. The van der Waals surface area contributed by atoms with Crippen molar-refractivity contribution in [3.63, 3.8) is 0 Å². The van der Waals surface area contributed by atoms with Crippen molar-refractivity contribution in [2.75, 3.05) is 5.32 Å². The van der Waals surface area contributed by atoms with Crippen LogP contribution in [-0.4, -0.2) is 22.1 Å². The number of furan rings is 1. The van der Waals surface area contributed by atoms with Gasteiger partial charge in [0.05, 0.1) is 12.0 Å². The van der Waals surface area contributed by atoms with E-state index in [0.29, 0.717) is 5.69 Å². The van der Waals surface area contributed by atoms with Crippen molar-refractivity contribution in [2.45, 2.75) is 38.6 Å². The summed E-state index contributed by atoms with van der Waals surface area (Å²) in [4.78, 5) is 15.6. The molecule has 0 fully saturated rings. The SMILES string of the molecule is CC(Cc1ccco1)Nc1nc(C(C)(C)C(=O)O)cs1. The molecular weight excluding hydrogens is 276 g/mol. The van der Waals surface area contributed by atoms with E-state index in [1.807, 2.05) is 19.1 Å². The van der Waals surface area contributed by atoms with Gasteiger partial charge in [-0.15, -0.1) is 11.3 Å². The van der Waals surface area contributed by atoms with Crippen LogP contribution in [0.4, 0.5) is 5.13 Å². The first-order valence-electron chi connectivity index (χ1n) is 6.38. The number of rotatable bonds is 6. The Hall–Kier alpha value is -1.82. The van der Waals surface area contributed by atoms with E-state index >= 15 is 0 Å². The summed E-state index contributed by atoms with van der Waals surface area (Å²) < 4.78 is 5.30. The van der Waals surface area contributed by atoms with Gasteiger partial charge >= 0.3 is 5.97 Å². The molecule has 2 rings (SSSR count). The lowest BCUT2D eigenvalue weighted by Gasteiger charge is -2.16. The van der Waals surface area contributed by atoms with Gasteiger partial charge in [0.1, 0.15) is 11.2 Å². The van der Waals surface area contributed by atoms with Crippen LogP contribution in [0.1, 0.15) is 32.2 Å². The van der Waals surface area contributed by atoms with E-state index in [1.54, 1.807) is 25.5 Å². The monoisotopic (exact) mass is 294 g/mol. The Bertz CT molecular complexity index is 575. The van der Waals surface area contributed by atoms with Crippen molar-refractivity contribution in [3.05, 3.63) is 35.2 Å². The Labute approximate surface area is 121 Å². The molecule has 0 spiro atoms. The van der Waals surface area contributed by atoms with Crippen LogP contribution in [0.2, 0.25) is 0 Å². The van der Waals surface area contributed by atoms with Crippen LogP contribution in [0.25, 0.3) is 0 Å². The maximum atomic E-state index is 11.2. The molecule has 0 amide bonds. The summed E-state index contributed by atoms with van der Waals surface area (Å²) in [5, 5.41) is 15.0. The van der Waals surface area contributed by atoms with E-state index in [0.717, 1.165) is 17.3 Å². The number of anilines is 1. The van der Waals surface area contributed by atoms with Crippen molar-refractivity contribution in [2.24, 2.45) is 0 Å². The molecule has 0 radical (unpaired) electrons. The van der Waals surface area contributed by atoms with Crippen LogP contribution in [0.5, 0.6) is 0 Å². The Morgan fingerprint density at radius 1 is 1.60 bits per heavy atom. The van der Waals surface area contributed by atoms with Gasteiger partial charge in [-0.3, -0.25) is 4.79 Å². The summed E-state index contributed by atoms with van der Waals surface area (Å²) in [6, 6.07) is 3.95. The molecule has 2 N–H and O–H groups in total. The molecule has 0 bridgehead atoms. The molecule has 108 valence electrons. The van der Waals surface area contributed by atoms with Gasteiger partial charge in [-0.25, -0.2) is 4.98 Å². The maximum Gasteiger partial charge on any atom is 0.315 e. The van der Waals surface area contributed by atoms with Crippen molar-refractivity contribution >= 4 is 22.4 Å². The second-order valence-electron chi connectivity index (χ2n) is 5.30. The van der Waals surface area contributed by atoms with Crippen LogP contribution in [-0.2, 0) is 16.6 Å². The first-order valence-corrected chi connectivity index (χ1v) is 7.26. The third-order valence-electron chi connectivity index (χ3n) is 3.14. The Balaban J connectivity index is 2.01. The number of thiazole rings is 1. The molecule has 1 atom stereocenters. The molecule has 2 aromatic rings. The lowest BCUT2D eigenvalue weighted by molar-refractivity contribution is -0.142. The first kappa shape index (κ1) is 14.6. The Morgan fingerprint density at radius 2 is 2.35 bits per heavy atom. The first-order chi connectivity index (χ1) is 9.39. The molecule has 1 unspecified atom stereocenters. The van der Waals surface area contributed by atoms with E-state index in [4.69, 9.17) is 4.42 Å². The van der Waals surface area contributed by atoms with Gasteiger partial charge in [-0.1, -0.05) is 0 Å². The smallest absolute Gasteiger partial charge is 0.315 e. The largest absolute Gasteiger partial charge is 0.481 e. The summed E-state index contributed by atoms with van der Waals surface area (Å²) in [6.45, 7) is 5.34. The maximum absolute atomic E-state index is 11.2. The number of nitrogens with zero attached hydrogens (tertiary/aromatic N) is 1. The number of hydrogen-bond donors (Lipinski definition) is 2. The molecule has 0 saturated heterocycles. The number of hydrogen-bond acceptors (Lipinski definition) is 5. The standard InChI is InChI=1S/C14H18N2O3S/c1-9(7-10-5-4-6-19-10)15-13-16-11(8-20-13)14(2,3)12(17)18/h4-6,8-9H,7H2,1-3H3,(H,15,16)(H,17,18). The summed E-state index contributed by atoms with van der Waals surface area (Å²) in [5.74, 6) is 0.0330. The van der Waals surface area contributed by atoms with Gasteiger partial charge in [0.15, 0.2) is 5.13 Å². The summed E-state index contributed by atoms with van der Waals surface area (Å²) >= 11 is 1.42. The third-order valence-corrected chi connectivity index (χ3v) is 3.91. The van der Waals surface area contributed by atoms with Gasteiger partial charge in [-0.2, -0.15) is 0 Å². The molecule has 0 aromatic carbocycles. The van der Waals surface area contributed by atoms with Crippen LogP contribution >= 0.6 is 11.3 Å². The van der Waals surface area contributed by atoms with Gasteiger partial charge in [0.25, 0.3) is 0 Å². The highest BCUT2D eigenvalue weighted by atomic mass is 32.1. The van der Waals surface area contributed by atoms with E-state index in [9.17, 15) is 9.90 Å². The number of nitrogens with one attached hydrogen (secondary N) is 1. The average molecular weight is 294 g/mol. The summed E-state index contributed by atoms with van der Waals surface area (Å²) in [6.07, 6.45) is 2.41. The molecule has 0 saturated carbocycles. The van der Waals surface area contributed by atoms with E-state index in [1.165, 1.54) is 11.3 Å². The zero-order valence-electron chi connectivity index (χ0n) is 11.7. The van der Waals surface area contributed by atoms with Crippen LogP contribution in [0.15, 0.2) is 28.2 Å². The van der Waals surface area contributed by atoms with E-state index < -0.39 is 11.4 Å². The number of carboxylic acids is 1. The van der Waals surface area contributed by atoms with Crippen LogP contribution in [0, 0.1) is 0 Å². The molecule has 0 aliphatic rings. The van der Waals surface area contributed by atoms with E-state index in [2.05, 4.69) is 10.3 Å².